The van der Waals surface area contributed by atoms with Gasteiger partial charge in [-0.15, -0.1) is 24.0 Å². The lowest BCUT2D eigenvalue weighted by molar-refractivity contribution is -0.128. The number of guanidine groups is 1. The van der Waals surface area contributed by atoms with Crippen molar-refractivity contribution in [2.24, 2.45) is 4.99 Å². The molecule has 1 aromatic heterocycles. The van der Waals surface area contributed by atoms with E-state index < -0.39 is 0 Å². The average Bonchev–Trinajstić information content (AvgIpc) is 3.30. The van der Waals surface area contributed by atoms with Crippen LogP contribution in [0.25, 0.3) is 0 Å². The van der Waals surface area contributed by atoms with E-state index >= 15 is 0 Å². The summed E-state index contributed by atoms with van der Waals surface area (Å²) in [5.74, 6) is 0.711. The Morgan fingerprint density at radius 2 is 1.81 bits per heavy atom. The van der Waals surface area contributed by atoms with Crippen LogP contribution in [0.5, 0.6) is 0 Å². The van der Waals surface area contributed by atoms with Gasteiger partial charge in [-0.05, 0) is 37.5 Å². The van der Waals surface area contributed by atoms with Crippen molar-refractivity contribution in [3.05, 3.63) is 66.0 Å². The molecule has 1 aromatic carbocycles. The summed E-state index contributed by atoms with van der Waals surface area (Å²) in [5.41, 5.74) is 2.52. The second kappa shape index (κ2) is 13.4. The standard InChI is InChI=1S/C25H35N5O.HI/c1-3-26-24(28-19-23(31)30(2)18-14-22-13-7-10-17-27-22)29-20-25(15-8-9-16-25)21-11-5-4-6-12-21;/h4-7,10-13,17H,3,8-9,14-16,18-20H2,1-2H3,(H2,26,28,29);1H. The largest absolute Gasteiger partial charge is 0.357 e. The van der Waals surface area contributed by atoms with E-state index in [2.05, 4.69) is 50.9 Å². The Kier molecular flexibility index (Phi) is 10.9. The van der Waals surface area contributed by atoms with Crippen LogP contribution in [-0.4, -0.2) is 55.0 Å². The summed E-state index contributed by atoms with van der Waals surface area (Å²) < 4.78 is 0. The molecule has 32 heavy (non-hydrogen) atoms. The zero-order chi connectivity index (χ0) is 21.9. The lowest BCUT2D eigenvalue weighted by atomic mass is 9.79. The number of rotatable bonds is 9. The van der Waals surface area contributed by atoms with Gasteiger partial charge in [0.1, 0.15) is 6.54 Å². The number of benzene rings is 1. The van der Waals surface area contributed by atoms with Gasteiger partial charge in [-0.2, -0.15) is 0 Å². The van der Waals surface area contributed by atoms with Crippen molar-refractivity contribution in [3.8, 4) is 0 Å². The normalized spacial score (nSPS) is 15.0. The minimum atomic E-state index is 0. The van der Waals surface area contributed by atoms with Crippen molar-refractivity contribution in [2.45, 2.75) is 44.4 Å². The van der Waals surface area contributed by atoms with Gasteiger partial charge in [-0.3, -0.25) is 9.78 Å². The molecule has 0 radical (unpaired) electrons. The maximum atomic E-state index is 12.6. The molecule has 0 atom stereocenters. The molecule has 1 aliphatic rings. The SMILES string of the molecule is CCNC(=NCC(=O)N(C)CCc1ccccn1)NCC1(c2ccccc2)CCCC1.I. The van der Waals surface area contributed by atoms with Gasteiger partial charge in [-0.25, -0.2) is 4.99 Å². The predicted molar refractivity (Wildman–Crippen MR) is 142 cm³/mol. The fraction of sp³-hybridized carbons (Fsp3) is 0.480. The molecule has 1 saturated carbocycles. The van der Waals surface area contributed by atoms with Crippen LogP contribution in [0.4, 0.5) is 0 Å². The summed E-state index contributed by atoms with van der Waals surface area (Å²) in [5, 5.41) is 6.80. The van der Waals surface area contributed by atoms with E-state index in [9.17, 15) is 4.79 Å². The minimum Gasteiger partial charge on any atom is -0.357 e. The van der Waals surface area contributed by atoms with E-state index in [1.54, 1.807) is 11.1 Å². The Morgan fingerprint density at radius 1 is 1.09 bits per heavy atom. The van der Waals surface area contributed by atoms with Gasteiger partial charge in [0, 0.05) is 50.4 Å². The first-order valence-corrected chi connectivity index (χ1v) is 11.3. The van der Waals surface area contributed by atoms with Crippen LogP contribution in [0, 0.1) is 0 Å². The van der Waals surface area contributed by atoms with Crippen molar-refractivity contribution < 1.29 is 4.79 Å². The van der Waals surface area contributed by atoms with Crippen LogP contribution in [-0.2, 0) is 16.6 Å². The highest BCUT2D eigenvalue weighted by Crippen LogP contribution is 2.40. The monoisotopic (exact) mass is 549 g/mol. The maximum absolute atomic E-state index is 12.6. The number of amides is 1. The molecule has 7 heteroatoms. The van der Waals surface area contributed by atoms with Gasteiger partial charge in [0.2, 0.25) is 5.91 Å². The number of carbonyl (C=O) groups is 1. The van der Waals surface area contributed by atoms with Gasteiger partial charge in [-0.1, -0.05) is 49.2 Å². The Morgan fingerprint density at radius 3 is 2.47 bits per heavy atom. The molecule has 0 aliphatic heterocycles. The second-order valence-corrected chi connectivity index (χ2v) is 8.29. The summed E-state index contributed by atoms with van der Waals surface area (Å²) in [6.07, 6.45) is 7.39. The van der Waals surface area contributed by atoms with Crippen molar-refractivity contribution in [3.63, 3.8) is 0 Å². The number of aliphatic imine (C=N–C) groups is 1. The summed E-state index contributed by atoms with van der Waals surface area (Å²) in [6, 6.07) is 16.6. The summed E-state index contributed by atoms with van der Waals surface area (Å²) >= 11 is 0. The van der Waals surface area contributed by atoms with Gasteiger partial charge in [0.25, 0.3) is 0 Å². The first-order chi connectivity index (χ1) is 15.1. The molecule has 0 bridgehead atoms. The summed E-state index contributed by atoms with van der Waals surface area (Å²) in [7, 11) is 1.82. The van der Waals surface area contributed by atoms with Crippen molar-refractivity contribution in [1.82, 2.24) is 20.5 Å². The van der Waals surface area contributed by atoms with Gasteiger partial charge in [0.05, 0.1) is 0 Å². The third kappa shape index (κ3) is 7.46. The summed E-state index contributed by atoms with van der Waals surface area (Å²) in [6.45, 7) is 4.39. The molecular weight excluding hydrogens is 513 g/mol. The molecule has 0 spiro atoms. The molecule has 3 rings (SSSR count). The number of hydrogen-bond acceptors (Lipinski definition) is 3. The Hall–Kier alpha value is -2.16. The van der Waals surface area contributed by atoms with Gasteiger partial charge in [0.15, 0.2) is 5.96 Å². The van der Waals surface area contributed by atoms with Gasteiger partial charge < -0.3 is 15.5 Å². The molecule has 174 valence electrons. The topological polar surface area (TPSA) is 69.6 Å². The minimum absolute atomic E-state index is 0. The number of nitrogens with one attached hydrogen (secondary N) is 2. The van der Waals surface area contributed by atoms with E-state index in [4.69, 9.17) is 0 Å². The highest BCUT2D eigenvalue weighted by Gasteiger charge is 2.35. The number of carbonyl (C=O) groups excluding carboxylic acids is 1. The highest BCUT2D eigenvalue weighted by molar-refractivity contribution is 14.0. The zero-order valence-corrected chi connectivity index (χ0v) is 21.5. The van der Waals surface area contributed by atoms with Gasteiger partial charge >= 0.3 is 0 Å². The quantitative estimate of drug-likeness (QED) is 0.284. The zero-order valence-electron chi connectivity index (χ0n) is 19.2. The van der Waals surface area contributed by atoms with Crippen molar-refractivity contribution >= 4 is 35.8 Å². The fourth-order valence-electron chi connectivity index (χ4n) is 4.23. The van der Waals surface area contributed by atoms with Crippen LogP contribution >= 0.6 is 24.0 Å². The molecule has 1 amide bonds. The lowest BCUT2D eigenvalue weighted by Gasteiger charge is -2.31. The number of aromatic nitrogens is 1. The number of halogens is 1. The number of pyridine rings is 1. The molecule has 2 N–H and O–H groups in total. The van der Waals surface area contributed by atoms with Crippen LogP contribution < -0.4 is 10.6 Å². The second-order valence-electron chi connectivity index (χ2n) is 8.29. The molecule has 1 heterocycles. The van der Waals surface area contributed by atoms with Crippen molar-refractivity contribution in [2.75, 3.05) is 33.2 Å². The van der Waals surface area contributed by atoms with Crippen LogP contribution in [0.3, 0.4) is 0 Å². The molecule has 1 fully saturated rings. The van der Waals surface area contributed by atoms with E-state index in [0.29, 0.717) is 12.5 Å². The van der Waals surface area contributed by atoms with Crippen molar-refractivity contribution in [1.29, 1.82) is 0 Å². The van der Waals surface area contributed by atoms with Crippen LogP contribution in [0.2, 0.25) is 0 Å². The van der Waals surface area contributed by atoms with E-state index in [1.165, 1.54) is 31.2 Å². The third-order valence-electron chi connectivity index (χ3n) is 6.11. The first kappa shape index (κ1) is 26.1. The number of nitrogens with zero attached hydrogens (tertiary/aromatic N) is 3. The number of hydrogen-bond donors (Lipinski definition) is 2. The van der Waals surface area contributed by atoms with E-state index in [-0.39, 0.29) is 41.8 Å². The molecule has 1 aliphatic carbocycles. The molecule has 0 saturated heterocycles. The average molecular weight is 550 g/mol. The summed E-state index contributed by atoms with van der Waals surface area (Å²) in [4.78, 5) is 23.2. The highest BCUT2D eigenvalue weighted by atomic mass is 127. The van der Waals surface area contributed by atoms with Crippen LogP contribution in [0.1, 0.15) is 43.9 Å². The molecular formula is C25H36IN5O. The predicted octanol–water partition coefficient (Wildman–Crippen LogP) is 3.77. The van der Waals surface area contributed by atoms with E-state index in [1.807, 2.05) is 32.2 Å². The Labute approximate surface area is 209 Å². The molecule has 2 aromatic rings. The number of likely N-dealkylation sites (N-methyl/N-ethyl adjacent to an activating group) is 1. The fourth-order valence-corrected chi connectivity index (χ4v) is 4.23. The Balaban J connectivity index is 0.00000363. The first-order valence-electron chi connectivity index (χ1n) is 11.3. The smallest absolute Gasteiger partial charge is 0.244 e. The third-order valence-corrected chi connectivity index (χ3v) is 6.11. The van der Waals surface area contributed by atoms with E-state index in [0.717, 1.165) is 25.2 Å². The molecule has 0 unspecified atom stereocenters. The maximum Gasteiger partial charge on any atom is 0.244 e. The van der Waals surface area contributed by atoms with Crippen LogP contribution in [0.15, 0.2) is 59.7 Å². The molecule has 6 nitrogen and oxygen atoms in total. The Bertz CT molecular complexity index is 838. The lowest BCUT2D eigenvalue weighted by Crippen LogP contribution is -2.45.